The summed E-state index contributed by atoms with van der Waals surface area (Å²) in [6, 6.07) is 47.3. The number of hydrogen-bond donors (Lipinski definition) is 1. The van der Waals surface area contributed by atoms with Gasteiger partial charge in [0.05, 0.1) is 11.0 Å². The third kappa shape index (κ3) is 3.19. The number of anilines is 1. The smallest absolute Gasteiger partial charge is 0.0620 e. The van der Waals surface area contributed by atoms with E-state index in [1.807, 2.05) is 0 Å². The fourth-order valence-electron chi connectivity index (χ4n) is 5.49. The predicted octanol–water partition coefficient (Wildman–Crippen LogP) is 8.85. The zero-order valence-corrected chi connectivity index (χ0v) is 19.7. The van der Waals surface area contributed by atoms with Crippen molar-refractivity contribution < 1.29 is 0 Å². The first-order valence-corrected chi connectivity index (χ1v) is 12.2. The third-order valence-corrected chi connectivity index (χ3v) is 7.10. The summed E-state index contributed by atoms with van der Waals surface area (Å²) in [6.45, 7) is 0. The summed E-state index contributed by atoms with van der Waals surface area (Å²) in [6.07, 6.45) is 0. The summed E-state index contributed by atoms with van der Waals surface area (Å²) >= 11 is 0. The van der Waals surface area contributed by atoms with Gasteiger partial charge in [-0.25, -0.2) is 0 Å². The zero-order valence-electron chi connectivity index (χ0n) is 19.7. The Morgan fingerprint density at radius 1 is 0.472 bits per heavy atom. The molecule has 36 heavy (non-hydrogen) atoms. The number of nitrogens with zero attached hydrogens (tertiary/aromatic N) is 1. The average Bonchev–Trinajstić information content (AvgIpc) is 3.27. The van der Waals surface area contributed by atoms with E-state index >= 15 is 0 Å². The van der Waals surface area contributed by atoms with Crippen molar-refractivity contribution in [3.8, 4) is 27.9 Å². The Morgan fingerprint density at radius 3 is 1.92 bits per heavy atom. The van der Waals surface area contributed by atoms with Crippen LogP contribution in [0.4, 0.5) is 5.69 Å². The molecule has 0 atom stereocenters. The Hall–Kier alpha value is -4.82. The first-order valence-electron chi connectivity index (χ1n) is 12.2. The van der Waals surface area contributed by atoms with Gasteiger partial charge in [0.15, 0.2) is 0 Å². The predicted molar refractivity (Wildman–Crippen MR) is 154 cm³/mol. The summed E-state index contributed by atoms with van der Waals surface area (Å²) < 4.78 is 2.36. The van der Waals surface area contributed by atoms with E-state index in [4.69, 9.17) is 5.73 Å². The van der Waals surface area contributed by atoms with Crippen LogP contribution in [0.1, 0.15) is 0 Å². The van der Waals surface area contributed by atoms with Crippen molar-refractivity contribution >= 4 is 38.3 Å². The number of rotatable bonds is 3. The van der Waals surface area contributed by atoms with E-state index in [0.717, 1.165) is 22.5 Å². The monoisotopic (exact) mass is 460 g/mol. The van der Waals surface area contributed by atoms with Crippen LogP contribution in [0.5, 0.6) is 0 Å². The molecule has 2 nitrogen and oxygen atoms in total. The highest BCUT2D eigenvalue weighted by atomic mass is 15.0. The van der Waals surface area contributed by atoms with E-state index in [2.05, 4.69) is 138 Å². The molecule has 170 valence electrons. The first kappa shape index (κ1) is 20.5. The van der Waals surface area contributed by atoms with Crippen molar-refractivity contribution in [1.29, 1.82) is 0 Å². The van der Waals surface area contributed by atoms with Gasteiger partial charge in [-0.2, -0.15) is 0 Å². The molecule has 0 saturated heterocycles. The molecule has 0 aliphatic carbocycles. The van der Waals surface area contributed by atoms with Gasteiger partial charge in [-0.15, -0.1) is 0 Å². The van der Waals surface area contributed by atoms with Gasteiger partial charge in [-0.1, -0.05) is 103 Å². The van der Waals surface area contributed by atoms with Crippen molar-refractivity contribution in [2.75, 3.05) is 5.73 Å². The maximum Gasteiger partial charge on any atom is 0.0620 e. The molecule has 6 aromatic carbocycles. The third-order valence-electron chi connectivity index (χ3n) is 7.10. The number of aromatic nitrogens is 1. The average molecular weight is 461 g/mol. The minimum absolute atomic E-state index is 0.770. The van der Waals surface area contributed by atoms with Crippen molar-refractivity contribution in [1.82, 2.24) is 4.57 Å². The van der Waals surface area contributed by atoms with Crippen LogP contribution < -0.4 is 5.73 Å². The molecular weight excluding hydrogens is 436 g/mol. The summed E-state index contributed by atoms with van der Waals surface area (Å²) in [4.78, 5) is 0. The van der Waals surface area contributed by atoms with Gasteiger partial charge in [0.2, 0.25) is 0 Å². The summed E-state index contributed by atoms with van der Waals surface area (Å²) in [5.74, 6) is 0. The second-order valence-electron chi connectivity index (χ2n) is 9.26. The molecule has 0 radical (unpaired) electrons. The number of benzene rings is 6. The van der Waals surface area contributed by atoms with E-state index in [1.165, 1.54) is 43.7 Å². The molecule has 7 rings (SSSR count). The lowest BCUT2D eigenvalue weighted by atomic mass is 9.95. The Morgan fingerprint density at radius 2 is 1.11 bits per heavy atom. The second-order valence-corrected chi connectivity index (χ2v) is 9.26. The van der Waals surface area contributed by atoms with E-state index in [-0.39, 0.29) is 0 Å². The van der Waals surface area contributed by atoms with Crippen molar-refractivity contribution in [2.45, 2.75) is 0 Å². The molecule has 0 amide bonds. The normalized spacial score (nSPS) is 11.4. The molecule has 0 aliphatic rings. The maximum atomic E-state index is 6.47. The Kier molecular flexibility index (Phi) is 4.65. The molecule has 0 fully saturated rings. The zero-order chi connectivity index (χ0) is 24.1. The number of fused-ring (bicyclic) bond motifs is 4. The largest absolute Gasteiger partial charge is 0.399 e. The van der Waals surface area contributed by atoms with Crippen LogP contribution in [0.15, 0.2) is 133 Å². The van der Waals surface area contributed by atoms with Crippen LogP contribution in [0.3, 0.4) is 0 Å². The van der Waals surface area contributed by atoms with Crippen molar-refractivity contribution in [3.63, 3.8) is 0 Å². The van der Waals surface area contributed by atoms with Gasteiger partial charge in [-0.05, 0) is 57.8 Å². The fourth-order valence-corrected chi connectivity index (χ4v) is 5.49. The fraction of sp³-hybridized carbons (Fsp3) is 0. The molecule has 2 N–H and O–H groups in total. The molecule has 0 aliphatic heterocycles. The Balaban J connectivity index is 1.47. The van der Waals surface area contributed by atoms with E-state index in [0.29, 0.717) is 0 Å². The lowest BCUT2D eigenvalue weighted by molar-refractivity contribution is 1.18. The minimum atomic E-state index is 0.770. The van der Waals surface area contributed by atoms with Crippen LogP contribution in [0.25, 0.3) is 60.5 Å². The topological polar surface area (TPSA) is 30.9 Å². The highest BCUT2D eigenvalue weighted by Crippen LogP contribution is 2.40. The SMILES string of the molecule is Nc1cc(-c2ccc(-c3cccc4ccccc34)cc2)c2c(c1)c1ccccc1n2-c1ccccc1. The molecule has 0 unspecified atom stereocenters. The lowest BCUT2D eigenvalue weighted by Crippen LogP contribution is -1.96. The molecule has 0 bridgehead atoms. The molecule has 1 heterocycles. The second kappa shape index (κ2) is 8.14. The summed E-state index contributed by atoms with van der Waals surface area (Å²) in [5, 5.41) is 4.90. The van der Waals surface area contributed by atoms with Gasteiger partial charge >= 0.3 is 0 Å². The Labute approximate surface area is 209 Å². The van der Waals surface area contributed by atoms with Crippen LogP contribution >= 0.6 is 0 Å². The molecule has 1 aromatic heterocycles. The molecular formula is C34H24N2. The standard InChI is InChI=1S/C34H24N2/c35-26-21-31(25-19-17-24(18-20-25)29-15-8-10-23-9-4-5-13-28(23)29)34-32(22-26)30-14-6-7-16-33(30)36(34)27-11-2-1-3-12-27/h1-22H,35H2. The number of nitrogen functional groups attached to an aromatic ring is 1. The van der Waals surface area contributed by atoms with Crippen molar-refractivity contribution in [3.05, 3.63) is 133 Å². The lowest BCUT2D eigenvalue weighted by Gasteiger charge is -2.13. The van der Waals surface area contributed by atoms with E-state index in [9.17, 15) is 0 Å². The molecule has 0 saturated carbocycles. The maximum absolute atomic E-state index is 6.47. The minimum Gasteiger partial charge on any atom is -0.399 e. The van der Waals surface area contributed by atoms with Gasteiger partial charge in [-0.3, -0.25) is 0 Å². The summed E-state index contributed by atoms with van der Waals surface area (Å²) in [7, 11) is 0. The molecule has 2 heteroatoms. The van der Waals surface area contributed by atoms with Crippen LogP contribution in [0.2, 0.25) is 0 Å². The van der Waals surface area contributed by atoms with Gasteiger partial charge in [0, 0.05) is 27.7 Å². The van der Waals surface area contributed by atoms with E-state index in [1.54, 1.807) is 0 Å². The van der Waals surface area contributed by atoms with Gasteiger partial charge < -0.3 is 10.3 Å². The van der Waals surface area contributed by atoms with Crippen molar-refractivity contribution in [2.24, 2.45) is 0 Å². The number of hydrogen-bond acceptors (Lipinski definition) is 1. The highest BCUT2D eigenvalue weighted by molar-refractivity contribution is 6.15. The summed E-state index contributed by atoms with van der Waals surface area (Å²) in [5.41, 5.74) is 15.5. The van der Waals surface area contributed by atoms with Crippen LogP contribution in [-0.2, 0) is 0 Å². The Bertz CT molecular complexity index is 1870. The highest BCUT2D eigenvalue weighted by Gasteiger charge is 2.17. The number of nitrogens with two attached hydrogens (primary N) is 1. The number of para-hydroxylation sites is 2. The molecule has 0 spiro atoms. The quantitative estimate of drug-likeness (QED) is 0.262. The van der Waals surface area contributed by atoms with Gasteiger partial charge in [0.1, 0.15) is 0 Å². The van der Waals surface area contributed by atoms with Crippen LogP contribution in [-0.4, -0.2) is 4.57 Å². The van der Waals surface area contributed by atoms with Crippen LogP contribution in [0, 0.1) is 0 Å². The molecule has 7 aromatic rings. The van der Waals surface area contributed by atoms with Gasteiger partial charge in [0.25, 0.3) is 0 Å². The first-order chi connectivity index (χ1) is 17.8. The van der Waals surface area contributed by atoms with E-state index < -0.39 is 0 Å².